The third kappa shape index (κ3) is 3.36. The molecule has 2 fully saturated rings. The fourth-order valence-corrected chi connectivity index (χ4v) is 2.69. The Morgan fingerprint density at radius 3 is 1.52 bits per heavy atom. The number of aliphatic hydroxyl groups excluding tert-OH is 9. The maximum atomic E-state index is 9.85. The van der Waals surface area contributed by atoms with Crippen LogP contribution in [0.3, 0.4) is 0 Å². The fraction of sp³-hybridized carbons (Fsp3) is 1.00. The van der Waals surface area contributed by atoms with Gasteiger partial charge >= 0.3 is 0 Å². The first-order valence-electron chi connectivity index (χ1n) is 7.07. The van der Waals surface area contributed by atoms with Crippen LogP contribution >= 0.6 is 0 Å². The molecule has 1 aliphatic heterocycles. The average molecular weight is 342 g/mol. The molecule has 11 heteroatoms. The van der Waals surface area contributed by atoms with E-state index in [9.17, 15) is 40.9 Å². The van der Waals surface area contributed by atoms with E-state index in [2.05, 4.69) is 0 Å². The molecule has 0 aromatic rings. The van der Waals surface area contributed by atoms with Crippen LogP contribution in [0.1, 0.15) is 0 Å². The molecule has 1 saturated heterocycles. The Morgan fingerprint density at radius 2 is 1.04 bits per heavy atom. The van der Waals surface area contributed by atoms with Crippen molar-refractivity contribution in [3.63, 3.8) is 0 Å². The lowest BCUT2D eigenvalue weighted by atomic mass is 9.84. The minimum Gasteiger partial charge on any atom is -0.394 e. The summed E-state index contributed by atoms with van der Waals surface area (Å²) >= 11 is 0. The highest BCUT2D eigenvalue weighted by Crippen LogP contribution is 2.29. The first kappa shape index (κ1) is 18.9. The first-order chi connectivity index (χ1) is 10.7. The predicted molar refractivity (Wildman–Crippen MR) is 68.7 cm³/mol. The Kier molecular flexibility index (Phi) is 5.92. The van der Waals surface area contributed by atoms with Gasteiger partial charge in [-0.25, -0.2) is 0 Å². The van der Waals surface area contributed by atoms with E-state index in [4.69, 9.17) is 14.6 Å². The van der Waals surface area contributed by atoms with Gasteiger partial charge in [0.25, 0.3) is 0 Å². The Hall–Kier alpha value is -0.440. The van der Waals surface area contributed by atoms with Crippen molar-refractivity contribution in [2.45, 2.75) is 67.3 Å². The van der Waals surface area contributed by atoms with Gasteiger partial charge in [-0.2, -0.15) is 0 Å². The topological polar surface area (TPSA) is 201 Å². The van der Waals surface area contributed by atoms with E-state index in [1.165, 1.54) is 0 Å². The smallest absolute Gasteiger partial charge is 0.187 e. The largest absolute Gasteiger partial charge is 0.394 e. The van der Waals surface area contributed by atoms with Gasteiger partial charge in [-0.3, -0.25) is 0 Å². The maximum absolute atomic E-state index is 9.85. The van der Waals surface area contributed by atoms with Crippen molar-refractivity contribution in [1.29, 1.82) is 0 Å². The quantitative estimate of drug-likeness (QED) is 0.236. The summed E-state index contributed by atoms with van der Waals surface area (Å²) in [6.45, 7) is -0.704. The molecule has 0 radical (unpaired) electrons. The lowest BCUT2D eigenvalue weighted by Crippen LogP contribution is -2.67. The zero-order valence-corrected chi connectivity index (χ0v) is 11.9. The summed E-state index contributed by atoms with van der Waals surface area (Å²) in [5.41, 5.74) is 0. The minimum absolute atomic E-state index is 0.704. The van der Waals surface area contributed by atoms with E-state index in [1.807, 2.05) is 0 Å². The van der Waals surface area contributed by atoms with Crippen LogP contribution in [0.5, 0.6) is 0 Å². The Bertz CT molecular complexity index is 377. The number of aliphatic hydroxyl groups is 9. The summed E-state index contributed by atoms with van der Waals surface area (Å²) in [6, 6.07) is 0. The normalized spacial score (nSPS) is 54.9. The second kappa shape index (κ2) is 7.21. The summed E-state index contributed by atoms with van der Waals surface area (Å²) in [5, 5.41) is 86.6. The van der Waals surface area contributed by atoms with Gasteiger partial charge in [0.1, 0.15) is 61.0 Å². The van der Waals surface area contributed by atoms with Gasteiger partial charge in [0, 0.05) is 0 Å². The van der Waals surface area contributed by atoms with Gasteiger partial charge in [0.15, 0.2) is 6.29 Å². The van der Waals surface area contributed by atoms with Crippen molar-refractivity contribution in [2.75, 3.05) is 6.61 Å². The van der Waals surface area contributed by atoms with Crippen LogP contribution < -0.4 is 0 Å². The third-order valence-corrected chi connectivity index (χ3v) is 4.21. The molecule has 2 rings (SSSR count). The molecular weight excluding hydrogens is 320 g/mol. The molecule has 0 unspecified atom stereocenters. The van der Waals surface area contributed by atoms with Crippen LogP contribution in [0.25, 0.3) is 0 Å². The number of rotatable bonds is 3. The number of hydrogen-bond donors (Lipinski definition) is 9. The Balaban J connectivity index is 2.13. The summed E-state index contributed by atoms with van der Waals surface area (Å²) < 4.78 is 10.2. The molecule has 1 saturated carbocycles. The van der Waals surface area contributed by atoms with E-state index in [1.54, 1.807) is 0 Å². The van der Waals surface area contributed by atoms with Gasteiger partial charge in [-0.15, -0.1) is 0 Å². The second-order valence-electron chi connectivity index (χ2n) is 5.75. The van der Waals surface area contributed by atoms with Crippen LogP contribution in [-0.4, -0.2) is 120 Å². The zero-order chi connectivity index (χ0) is 17.5. The van der Waals surface area contributed by atoms with Crippen molar-refractivity contribution in [3.05, 3.63) is 0 Å². The van der Waals surface area contributed by atoms with Crippen LogP contribution in [0.4, 0.5) is 0 Å². The zero-order valence-electron chi connectivity index (χ0n) is 11.9. The molecule has 0 amide bonds. The molecule has 1 aliphatic carbocycles. The molecule has 9 N–H and O–H groups in total. The highest BCUT2D eigenvalue weighted by atomic mass is 16.7. The molecule has 0 bridgehead atoms. The Morgan fingerprint density at radius 1 is 0.609 bits per heavy atom. The molecule has 0 aromatic heterocycles. The molecule has 0 aromatic carbocycles. The molecule has 136 valence electrons. The number of ether oxygens (including phenoxy) is 2. The van der Waals surface area contributed by atoms with Crippen molar-refractivity contribution >= 4 is 0 Å². The Labute approximate surface area is 130 Å². The van der Waals surface area contributed by atoms with Crippen molar-refractivity contribution in [1.82, 2.24) is 0 Å². The van der Waals surface area contributed by atoms with Gasteiger partial charge < -0.3 is 55.4 Å². The average Bonchev–Trinajstić information content (AvgIpc) is 2.54. The number of hydrogen-bond acceptors (Lipinski definition) is 11. The van der Waals surface area contributed by atoms with Gasteiger partial charge in [-0.05, 0) is 0 Å². The standard InChI is InChI=1S/C12H22O11/c13-1-2-3(14)4(15)10(21)12(22-2)23-11-8(19)6(17)5(16)7(18)9(11)20/h2-21H,1H2/t2-,3+,4+,5-,6-,7+,8-,9-,10-,11+,12-/m1/s1. The monoisotopic (exact) mass is 342 g/mol. The van der Waals surface area contributed by atoms with E-state index < -0.39 is 73.9 Å². The summed E-state index contributed by atoms with van der Waals surface area (Å²) in [6.07, 6.45) is -18.9. The summed E-state index contributed by atoms with van der Waals surface area (Å²) in [5.74, 6) is 0. The van der Waals surface area contributed by atoms with Crippen LogP contribution in [0.15, 0.2) is 0 Å². The van der Waals surface area contributed by atoms with Crippen molar-refractivity contribution in [3.8, 4) is 0 Å². The van der Waals surface area contributed by atoms with E-state index >= 15 is 0 Å². The highest BCUT2D eigenvalue weighted by Gasteiger charge is 2.52. The van der Waals surface area contributed by atoms with Gasteiger partial charge in [-0.1, -0.05) is 0 Å². The molecule has 1 heterocycles. The van der Waals surface area contributed by atoms with E-state index in [-0.39, 0.29) is 0 Å². The van der Waals surface area contributed by atoms with Crippen molar-refractivity contribution in [2.24, 2.45) is 0 Å². The molecular formula is C12H22O11. The third-order valence-electron chi connectivity index (χ3n) is 4.21. The SMILES string of the molecule is OC[C@H]1O[C@H](O[C@H]2[C@H](O)[C@H](O)[C@@H](O)[C@H](O)[C@H]2O)[C@H](O)[C@@H](O)[C@H]1O. The summed E-state index contributed by atoms with van der Waals surface area (Å²) in [4.78, 5) is 0. The van der Waals surface area contributed by atoms with Crippen LogP contribution in [0.2, 0.25) is 0 Å². The molecule has 23 heavy (non-hydrogen) atoms. The minimum atomic E-state index is -1.83. The van der Waals surface area contributed by atoms with Crippen molar-refractivity contribution < 1.29 is 55.4 Å². The first-order valence-corrected chi connectivity index (χ1v) is 7.07. The molecule has 11 atom stereocenters. The lowest BCUT2D eigenvalue weighted by Gasteiger charge is -2.45. The lowest BCUT2D eigenvalue weighted by molar-refractivity contribution is -0.339. The summed E-state index contributed by atoms with van der Waals surface area (Å²) in [7, 11) is 0. The molecule has 0 spiro atoms. The second-order valence-corrected chi connectivity index (χ2v) is 5.75. The predicted octanol–water partition coefficient (Wildman–Crippen LogP) is -6.01. The van der Waals surface area contributed by atoms with E-state index in [0.29, 0.717) is 0 Å². The maximum Gasteiger partial charge on any atom is 0.187 e. The fourth-order valence-electron chi connectivity index (χ4n) is 2.69. The van der Waals surface area contributed by atoms with Gasteiger partial charge in [0.05, 0.1) is 6.61 Å². The van der Waals surface area contributed by atoms with E-state index in [0.717, 1.165) is 0 Å². The molecule has 2 aliphatic rings. The molecule has 11 nitrogen and oxygen atoms in total. The van der Waals surface area contributed by atoms with Crippen LogP contribution in [-0.2, 0) is 9.47 Å². The highest BCUT2D eigenvalue weighted by molar-refractivity contribution is 5.00. The van der Waals surface area contributed by atoms with Gasteiger partial charge in [0.2, 0.25) is 0 Å². The van der Waals surface area contributed by atoms with Crippen LogP contribution in [0, 0.1) is 0 Å².